The van der Waals surface area contributed by atoms with E-state index in [-0.39, 0.29) is 16.2 Å². The third-order valence-electron chi connectivity index (χ3n) is 10.5. The van der Waals surface area contributed by atoms with Gasteiger partial charge in [-0.15, -0.1) is 0 Å². The molecule has 46 heavy (non-hydrogen) atoms. The second-order valence-electron chi connectivity index (χ2n) is 13.3. The highest BCUT2D eigenvalue weighted by atomic mass is 32.2. The SMILES string of the molecule is Cc1ccc(S(=O)(=O)O[C@@H]2C3OC4O[C@@H]2C(OC(=O)C25CC[C@](C)(C(=O)O2)C5(C)C)[C@H](O4)[C@@H]3OS(=O)(=O)c2ccc(C)cc2)cc1. The Morgan fingerprint density at radius 1 is 0.717 bits per heavy atom. The zero-order valence-electron chi connectivity index (χ0n) is 25.7. The fourth-order valence-corrected chi connectivity index (χ4v) is 9.34. The molecule has 0 aromatic heterocycles. The molecule has 248 valence electrons. The van der Waals surface area contributed by atoms with E-state index in [0.29, 0.717) is 6.42 Å². The van der Waals surface area contributed by atoms with Crippen LogP contribution >= 0.6 is 0 Å². The maximum Gasteiger partial charge on any atom is 0.351 e. The van der Waals surface area contributed by atoms with Gasteiger partial charge in [0.05, 0.1) is 15.2 Å². The van der Waals surface area contributed by atoms with E-state index in [1.807, 2.05) is 0 Å². The molecule has 8 rings (SSSR count). The predicted molar refractivity (Wildman–Crippen MR) is 155 cm³/mol. The van der Waals surface area contributed by atoms with Gasteiger partial charge in [-0.3, -0.25) is 13.2 Å². The van der Waals surface area contributed by atoms with E-state index in [1.165, 1.54) is 24.3 Å². The first-order valence-electron chi connectivity index (χ1n) is 14.9. The molecule has 13 nitrogen and oxygen atoms in total. The average molecular weight is 679 g/mol. The third kappa shape index (κ3) is 4.50. The molecule has 0 N–H and O–H groups in total. The minimum Gasteiger partial charge on any atom is -0.454 e. The van der Waals surface area contributed by atoms with E-state index in [1.54, 1.807) is 58.9 Å². The summed E-state index contributed by atoms with van der Waals surface area (Å²) in [4.78, 5) is 26.6. The molecule has 0 spiro atoms. The quantitative estimate of drug-likeness (QED) is 0.296. The molecule has 2 aromatic rings. The second-order valence-corrected chi connectivity index (χ2v) is 16.4. The summed E-state index contributed by atoms with van der Waals surface area (Å²) in [6.07, 6.45) is -7.78. The van der Waals surface area contributed by atoms with Crippen LogP contribution in [-0.4, -0.2) is 77.5 Å². The summed E-state index contributed by atoms with van der Waals surface area (Å²) < 4.78 is 94.5. The van der Waals surface area contributed by atoms with Crippen LogP contribution in [0.2, 0.25) is 0 Å². The fourth-order valence-electron chi connectivity index (χ4n) is 7.16. The van der Waals surface area contributed by atoms with Crippen molar-refractivity contribution in [2.45, 2.75) is 106 Å². The van der Waals surface area contributed by atoms with Gasteiger partial charge >= 0.3 is 11.9 Å². The Kier molecular flexibility index (Phi) is 7.08. The zero-order valence-corrected chi connectivity index (χ0v) is 27.3. The number of esters is 2. The van der Waals surface area contributed by atoms with Crippen LogP contribution in [0.25, 0.3) is 0 Å². The molecule has 2 aromatic carbocycles. The van der Waals surface area contributed by atoms with E-state index in [2.05, 4.69) is 0 Å². The molecule has 4 heterocycles. The van der Waals surface area contributed by atoms with E-state index in [4.69, 9.17) is 32.1 Å². The Bertz CT molecular complexity index is 1710. The number of fused-ring (bicyclic) bond motifs is 2. The molecule has 0 radical (unpaired) electrons. The van der Waals surface area contributed by atoms with E-state index in [9.17, 15) is 26.4 Å². The standard InChI is InChI=1S/C31H34O13S2/c1-16-6-10-18(11-7-16)45(34,35)43-24-21-20(38-27(33)31-15-14-30(5,26(32)42-31)29(31,3)4)22-25(23(24)41-28(39-21)40-22)44-46(36,37)19-12-8-17(2)9-13-19/h6-13,20-25,28H,14-15H2,1-5H3/t20?,21-,22+,23?,24-,25-,28?,30+,31?/m0/s1. The van der Waals surface area contributed by atoms with Crippen molar-refractivity contribution in [2.75, 3.05) is 0 Å². The largest absolute Gasteiger partial charge is 0.454 e. The lowest BCUT2D eigenvalue weighted by molar-refractivity contribution is -0.476. The summed E-state index contributed by atoms with van der Waals surface area (Å²) in [5, 5.41) is 0. The highest BCUT2D eigenvalue weighted by Gasteiger charge is 2.77. The van der Waals surface area contributed by atoms with Crippen molar-refractivity contribution in [3.63, 3.8) is 0 Å². The normalized spacial score (nSPS) is 37.3. The second kappa shape index (κ2) is 10.3. The van der Waals surface area contributed by atoms with Crippen LogP contribution in [0.15, 0.2) is 58.3 Å². The van der Waals surface area contributed by atoms with Crippen molar-refractivity contribution >= 4 is 32.2 Å². The summed E-state index contributed by atoms with van der Waals surface area (Å²) in [6, 6.07) is 11.8. The molecule has 4 unspecified atom stereocenters. The number of aryl methyl sites for hydroxylation is 2. The third-order valence-corrected chi connectivity index (χ3v) is 13.1. The monoisotopic (exact) mass is 678 g/mol. The summed E-state index contributed by atoms with van der Waals surface area (Å²) in [6.45, 7) is 7.49. The van der Waals surface area contributed by atoms with Gasteiger partial charge in [0, 0.05) is 5.41 Å². The molecule has 6 fully saturated rings. The molecule has 6 aliphatic rings. The molecule has 2 saturated carbocycles. The number of carbonyl (C=O) groups excluding carboxylic acids is 2. The van der Waals surface area contributed by atoms with Crippen LogP contribution in [0, 0.1) is 24.7 Å². The summed E-state index contributed by atoms with van der Waals surface area (Å²) in [5.74, 6) is -1.42. The molecule has 4 aliphatic heterocycles. The lowest BCUT2D eigenvalue weighted by Crippen LogP contribution is -2.77. The summed E-state index contributed by atoms with van der Waals surface area (Å²) in [5.41, 5.74) is -1.90. The van der Waals surface area contributed by atoms with Crippen LogP contribution in [-0.2, 0) is 61.9 Å². The number of hydrogen-bond donors (Lipinski definition) is 0. The van der Waals surface area contributed by atoms with Gasteiger partial charge in [0.2, 0.25) is 5.60 Å². The van der Waals surface area contributed by atoms with Gasteiger partial charge in [-0.05, 0) is 57.9 Å². The molecule has 0 amide bonds. The minimum atomic E-state index is -4.47. The van der Waals surface area contributed by atoms with E-state index >= 15 is 0 Å². The first kappa shape index (κ1) is 31.7. The molecule has 15 heteroatoms. The number of ether oxygens (including phenoxy) is 5. The maximum absolute atomic E-state index is 14.1. The molecule has 9 atom stereocenters. The lowest BCUT2D eigenvalue weighted by Gasteiger charge is -2.57. The Hall–Kier alpha value is -2.92. The Balaban J connectivity index is 1.25. The van der Waals surface area contributed by atoms with Gasteiger partial charge in [0.1, 0.15) is 30.5 Å². The number of hydrogen-bond acceptors (Lipinski definition) is 13. The van der Waals surface area contributed by atoms with Crippen molar-refractivity contribution in [2.24, 2.45) is 10.8 Å². The van der Waals surface area contributed by atoms with Crippen LogP contribution in [0.1, 0.15) is 44.7 Å². The molecule has 4 saturated heterocycles. The van der Waals surface area contributed by atoms with Crippen LogP contribution in [0.3, 0.4) is 0 Å². The summed E-state index contributed by atoms with van der Waals surface area (Å²) in [7, 11) is -8.95. The number of carbonyl (C=O) groups is 2. The Morgan fingerprint density at radius 3 is 1.54 bits per heavy atom. The van der Waals surface area contributed by atoms with Crippen molar-refractivity contribution in [1.29, 1.82) is 0 Å². The predicted octanol–water partition coefficient (Wildman–Crippen LogP) is 2.67. The van der Waals surface area contributed by atoms with Gasteiger partial charge in [0.15, 0.2) is 6.10 Å². The van der Waals surface area contributed by atoms with Gasteiger partial charge in [-0.1, -0.05) is 49.2 Å². The highest BCUT2D eigenvalue weighted by molar-refractivity contribution is 7.87. The molecular formula is C31H34O13S2. The maximum atomic E-state index is 14.1. The fraction of sp³-hybridized carbons (Fsp3) is 0.548. The van der Waals surface area contributed by atoms with Gasteiger partial charge in [-0.2, -0.15) is 16.8 Å². The van der Waals surface area contributed by atoms with Crippen molar-refractivity contribution < 1.29 is 58.5 Å². The molecular weight excluding hydrogens is 644 g/mol. The minimum absolute atomic E-state index is 0.162. The van der Waals surface area contributed by atoms with Gasteiger partial charge in [-0.25, -0.2) is 4.79 Å². The number of benzene rings is 2. The van der Waals surface area contributed by atoms with Crippen molar-refractivity contribution in [3.05, 3.63) is 59.7 Å². The van der Waals surface area contributed by atoms with Crippen LogP contribution in [0.5, 0.6) is 0 Å². The van der Waals surface area contributed by atoms with Crippen LogP contribution < -0.4 is 0 Å². The average Bonchev–Trinajstić information content (AvgIpc) is 3.28. The van der Waals surface area contributed by atoms with Crippen LogP contribution in [0.4, 0.5) is 0 Å². The first-order valence-corrected chi connectivity index (χ1v) is 17.7. The highest BCUT2D eigenvalue weighted by Crippen LogP contribution is 2.66. The lowest BCUT2D eigenvalue weighted by atomic mass is 9.66. The van der Waals surface area contributed by atoms with E-state index < -0.39 is 91.7 Å². The summed E-state index contributed by atoms with van der Waals surface area (Å²) >= 11 is 0. The topological polar surface area (TPSA) is 167 Å². The smallest absolute Gasteiger partial charge is 0.351 e. The molecule has 6 bridgehead atoms. The zero-order chi connectivity index (χ0) is 33.0. The van der Waals surface area contributed by atoms with Crippen molar-refractivity contribution in [1.82, 2.24) is 0 Å². The van der Waals surface area contributed by atoms with Gasteiger partial charge in [0.25, 0.3) is 26.7 Å². The molecule has 2 aliphatic carbocycles. The van der Waals surface area contributed by atoms with E-state index in [0.717, 1.165) is 11.1 Å². The Morgan fingerprint density at radius 2 is 1.15 bits per heavy atom. The Labute approximate surface area is 266 Å². The van der Waals surface area contributed by atoms with Gasteiger partial charge < -0.3 is 23.7 Å². The van der Waals surface area contributed by atoms with Crippen molar-refractivity contribution in [3.8, 4) is 0 Å². The first-order chi connectivity index (χ1) is 21.5. The number of rotatable bonds is 8.